The fourth-order valence-electron chi connectivity index (χ4n) is 3.63. The van der Waals surface area contributed by atoms with Gasteiger partial charge in [0.2, 0.25) is 0 Å². The van der Waals surface area contributed by atoms with Crippen LogP contribution in [0.15, 0.2) is 12.3 Å². The van der Waals surface area contributed by atoms with Crippen molar-refractivity contribution in [1.82, 2.24) is 20.1 Å². The molecule has 0 radical (unpaired) electrons. The molecule has 8 heteroatoms. The van der Waals surface area contributed by atoms with Crippen LogP contribution in [0.2, 0.25) is 0 Å². The summed E-state index contributed by atoms with van der Waals surface area (Å²) in [7, 11) is 0. The smallest absolute Gasteiger partial charge is 0.252 e. The molecular formula is C18H29Cl2N5O. The van der Waals surface area contributed by atoms with Crippen LogP contribution in [0.1, 0.15) is 61.6 Å². The van der Waals surface area contributed by atoms with E-state index in [0.717, 1.165) is 36.0 Å². The molecule has 6 nitrogen and oxygen atoms in total. The number of hydrogen-bond acceptors (Lipinski definition) is 4. The fraction of sp³-hybridized carbons (Fsp3) is 0.611. The van der Waals surface area contributed by atoms with Crippen molar-refractivity contribution in [2.75, 3.05) is 6.54 Å². The summed E-state index contributed by atoms with van der Waals surface area (Å²) in [6, 6.07) is 2.22. The van der Waals surface area contributed by atoms with Crippen molar-refractivity contribution in [3.8, 4) is 0 Å². The fourth-order valence-corrected chi connectivity index (χ4v) is 3.63. The lowest BCUT2D eigenvalue weighted by molar-refractivity contribution is 0.0909. The summed E-state index contributed by atoms with van der Waals surface area (Å²) >= 11 is 0. The molecule has 1 saturated carbocycles. The lowest BCUT2D eigenvalue weighted by Gasteiger charge is -2.31. The molecule has 0 bridgehead atoms. The maximum absolute atomic E-state index is 12.9. The molecule has 2 heterocycles. The van der Waals surface area contributed by atoms with Crippen molar-refractivity contribution >= 4 is 41.8 Å². The molecule has 2 atom stereocenters. The van der Waals surface area contributed by atoms with Crippen molar-refractivity contribution in [3.05, 3.63) is 23.5 Å². The van der Waals surface area contributed by atoms with Crippen molar-refractivity contribution < 1.29 is 4.79 Å². The lowest BCUT2D eigenvalue weighted by Crippen LogP contribution is -2.44. The summed E-state index contributed by atoms with van der Waals surface area (Å²) in [5, 5.41) is 8.43. The normalized spacial score (nSPS) is 19.7. The van der Waals surface area contributed by atoms with E-state index in [0.29, 0.717) is 18.0 Å². The van der Waals surface area contributed by atoms with Gasteiger partial charge in [0.1, 0.15) is 0 Å². The van der Waals surface area contributed by atoms with Crippen LogP contribution in [0, 0.1) is 12.8 Å². The predicted octanol–water partition coefficient (Wildman–Crippen LogP) is 3.41. The first-order valence-corrected chi connectivity index (χ1v) is 8.87. The second kappa shape index (κ2) is 9.53. The number of pyridine rings is 1. The number of aromatic nitrogens is 3. The summed E-state index contributed by atoms with van der Waals surface area (Å²) in [4.78, 5) is 17.5. The Morgan fingerprint density at radius 1 is 1.35 bits per heavy atom. The molecule has 0 aromatic carbocycles. The number of rotatable bonds is 4. The summed E-state index contributed by atoms with van der Waals surface area (Å²) in [6.45, 7) is 6.66. The Bertz CT molecular complexity index is 747. The molecule has 1 amide bonds. The maximum Gasteiger partial charge on any atom is 0.252 e. The molecule has 2 unspecified atom stereocenters. The van der Waals surface area contributed by atoms with Crippen LogP contribution < -0.4 is 11.1 Å². The molecular weight excluding hydrogens is 373 g/mol. The van der Waals surface area contributed by atoms with Gasteiger partial charge in [0, 0.05) is 17.8 Å². The van der Waals surface area contributed by atoms with E-state index in [1.54, 1.807) is 6.20 Å². The van der Waals surface area contributed by atoms with Crippen LogP contribution in [-0.2, 0) is 0 Å². The minimum Gasteiger partial charge on any atom is -0.349 e. The Kier molecular flexibility index (Phi) is 8.31. The molecule has 0 saturated heterocycles. The van der Waals surface area contributed by atoms with Gasteiger partial charge in [-0.2, -0.15) is 5.10 Å². The first-order valence-electron chi connectivity index (χ1n) is 8.87. The minimum atomic E-state index is -0.0424. The molecule has 2 aromatic heterocycles. The summed E-state index contributed by atoms with van der Waals surface area (Å²) in [5.41, 5.74) is 8.14. The Morgan fingerprint density at radius 2 is 2.04 bits per heavy atom. The van der Waals surface area contributed by atoms with E-state index in [2.05, 4.69) is 29.2 Å². The van der Waals surface area contributed by atoms with Crippen molar-refractivity contribution in [2.45, 2.75) is 58.5 Å². The molecule has 1 aliphatic carbocycles. The third kappa shape index (κ3) is 4.48. The van der Waals surface area contributed by atoms with Crippen molar-refractivity contribution in [1.29, 1.82) is 0 Å². The van der Waals surface area contributed by atoms with Crippen molar-refractivity contribution in [2.24, 2.45) is 11.7 Å². The van der Waals surface area contributed by atoms with Crippen LogP contribution in [-0.4, -0.2) is 33.3 Å². The van der Waals surface area contributed by atoms with E-state index < -0.39 is 0 Å². The molecule has 1 fully saturated rings. The van der Waals surface area contributed by atoms with E-state index in [4.69, 9.17) is 5.73 Å². The average Bonchev–Trinajstić information content (AvgIpc) is 2.98. The van der Waals surface area contributed by atoms with E-state index in [-0.39, 0.29) is 42.8 Å². The Hall–Kier alpha value is -1.37. The number of amides is 1. The second-order valence-electron chi connectivity index (χ2n) is 7.09. The SMILES string of the molecule is Cc1cc(C(=O)NC2CCCCC2CN)c2cnn(C(C)C)c2n1.Cl.Cl. The molecule has 0 spiro atoms. The van der Waals surface area contributed by atoms with Gasteiger partial charge < -0.3 is 11.1 Å². The third-order valence-corrected chi connectivity index (χ3v) is 4.96. The number of aryl methyl sites for hydroxylation is 1. The molecule has 26 heavy (non-hydrogen) atoms. The highest BCUT2D eigenvalue weighted by molar-refractivity contribution is 6.05. The second-order valence-corrected chi connectivity index (χ2v) is 7.09. The monoisotopic (exact) mass is 401 g/mol. The van der Waals surface area contributed by atoms with Crippen LogP contribution >= 0.6 is 24.8 Å². The highest BCUT2D eigenvalue weighted by Crippen LogP contribution is 2.25. The number of carbonyl (C=O) groups excluding carboxylic acids is 1. The number of carbonyl (C=O) groups is 1. The zero-order chi connectivity index (χ0) is 17.3. The molecule has 146 valence electrons. The minimum absolute atomic E-state index is 0. The lowest BCUT2D eigenvalue weighted by atomic mass is 9.84. The highest BCUT2D eigenvalue weighted by Gasteiger charge is 2.26. The number of hydrogen-bond donors (Lipinski definition) is 2. The molecule has 3 N–H and O–H groups in total. The van der Waals surface area contributed by atoms with Crippen molar-refractivity contribution in [3.63, 3.8) is 0 Å². The Morgan fingerprint density at radius 3 is 2.69 bits per heavy atom. The number of fused-ring (bicyclic) bond motifs is 1. The Balaban J connectivity index is 0.00000169. The topological polar surface area (TPSA) is 85.8 Å². The van der Waals surface area contributed by atoms with E-state index in [1.807, 2.05) is 17.7 Å². The van der Waals surface area contributed by atoms with Gasteiger partial charge in [0.25, 0.3) is 5.91 Å². The zero-order valence-corrected chi connectivity index (χ0v) is 17.2. The van der Waals surface area contributed by atoms with Gasteiger partial charge in [-0.25, -0.2) is 9.67 Å². The average molecular weight is 402 g/mol. The first kappa shape index (κ1) is 22.7. The van der Waals surface area contributed by atoms with E-state index in [9.17, 15) is 4.79 Å². The van der Waals surface area contributed by atoms with E-state index >= 15 is 0 Å². The van der Waals surface area contributed by atoms with Gasteiger partial charge in [-0.1, -0.05) is 12.8 Å². The molecule has 1 aliphatic rings. The number of nitrogens with one attached hydrogen (secondary N) is 1. The van der Waals surface area contributed by atoms with Gasteiger partial charge in [-0.15, -0.1) is 24.8 Å². The Labute approximate surface area is 167 Å². The van der Waals surface area contributed by atoms with Crippen LogP contribution in [0.4, 0.5) is 0 Å². The largest absolute Gasteiger partial charge is 0.349 e. The number of nitrogens with two attached hydrogens (primary N) is 1. The number of halogens is 2. The summed E-state index contributed by atoms with van der Waals surface area (Å²) in [5.74, 6) is 0.332. The van der Waals surface area contributed by atoms with Crippen LogP contribution in [0.25, 0.3) is 11.0 Å². The van der Waals surface area contributed by atoms with Crippen LogP contribution in [0.5, 0.6) is 0 Å². The maximum atomic E-state index is 12.9. The molecule has 0 aliphatic heterocycles. The molecule has 3 rings (SSSR count). The summed E-state index contributed by atoms with van der Waals surface area (Å²) < 4.78 is 1.86. The summed E-state index contributed by atoms with van der Waals surface area (Å²) in [6.07, 6.45) is 6.20. The zero-order valence-electron chi connectivity index (χ0n) is 15.6. The van der Waals surface area contributed by atoms with Gasteiger partial charge in [-0.3, -0.25) is 4.79 Å². The van der Waals surface area contributed by atoms with Gasteiger partial charge in [0.05, 0.1) is 17.1 Å². The predicted molar refractivity (Wildman–Crippen MR) is 109 cm³/mol. The standard InChI is InChI=1S/C18H27N5O.2ClH/c1-11(2)23-17-15(10-20-23)14(8-12(3)21-17)18(24)22-16-7-5-4-6-13(16)9-19;;/h8,10-11,13,16H,4-7,9,19H2,1-3H3,(H,22,24);2*1H. The van der Waals surface area contributed by atoms with E-state index in [1.165, 1.54) is 6.42 Å². The van der Waals surface area contributed by atoms with Crippen LogP contribution in [0.3, 0.4) is 0 Å². The van der Waals surface area contributed by atoms with Gasteiger partial charge in [0.15, 0.2) is 5.65 Å². The quantitative estimate of drug-likeness (QED) is 0.821. The van der Waals surface area contributed by atoms with Gasteiger partial charge >= 0.3 is 0 Å². The number of nitrogens with zero attached hydrogens (tertiary/aromatic N) is 3. The molecule has 2 aromatic rings. The third-order valence-electron chi connectivity index (χ3n) is 4.96. The highest BCUT2D eigenvalue weighted by atomic mass is 35.5. The van der Waals surface area contributed by atoms with Gasteiger partial charge in [-0.05, 0) is 52.1 Å². The first-order chi connectivity index (χ1) is 11.5.